The van der Waals surface area contributed by atoms with Crippen LogP contribution in [0, 0.1) is 11.8 Å². The first-order valence-corrected chi connectivity index (χ1v) is 6.08. The summed E-state index contributed by atoms with van der Waals surface area (Å²) >= 11 is 0. The molecule has 1 amide bonds. The third kappa shape index (κ3) is 4.21. The van der Waals surface area contributed by atoms with Crippen LogP contribution in [0.15, 0.2) is 0 Å². The molecule has 4 heteroatoms. The van der Waals surface area contributed by atoms with Gasteiger partial charge >= 0.3 is 5.97 Å². The van der Waals surface area contributed by atoms with E-state index in [2.05, 4.69) is 5.32 Å². The maximum Gasteiger partial charge on any atom is 0.308 e. The molecule has 0 saturated heterocycles. The molecule has 0 aromatic rings. The molecule has 92 valence electrons. The van der Waals surface area contributed by atoms with Gasteiger partial charge in [-0.1, -0.05) is 25.7 Å². The second-order valence-electron chi connectivity index (χ2n) is 4.63. The van der Waals surface area contributed by atoms with Gasteiger partial charge in [0.05, 0.1) is 5.92 Å². The Kier molecular flexibility index (Phi) is 5.29. The van der Waals surface area contributed by atoms with Crippen molar-refractivity contribution >= 4 is 11.9 Å². The number of rotatable bonds is 4. The Bertz CT molecular complexity index is 245. The summed E-state index contributed by atoms with van der Waals surface area (Å²) in [6, 6.07) is 0. The minimum Gasteiger partial charge on any atom is -0.481 e. The summed E-state index contributed by atoms with van der Waals surface area (Å²) in [5.74, 6) is -1.12. The van der Waals surface area contributed by atoms with Crippen LogP contribution in [-0.2, 0) is 9.59 Å². The van der Waals surface area contributed by atoms with Gasteiger partial charge in [0.1, 0.15) is 0 Å². The summed E-state index contributed by atoms with van der Waals surface area (Å²) in [7, 11) is 0. The van der Waals surface area contributed by atoms with Crippen LogP contribution in [-0.4, -0.2) is 23.5 Å². The number of nitrogens with one attached hydrogen (secondary N) is 1. The van der Waals surface area contributed by atoms with Crippen molar-refractivity contribution in [3.05, 3.63) is 0 Å². The summed E-state index contributed by atoms with van der Waals surface area (Å²) in [4.78, 5) is 22.0. The predicted molar refractivity (Wildman–Crippen MR) is 61.0 cm³/mol. The van der Waals surface area contributed by atoms with Gasteiger partial charge in [-0.05, 0) is 18.8 Å². The largest absolute Gasteiger partial charge is 0.481 e. The molecule has 1 aliphatic rings. The first kappa shape index (κ1) is 13.0. The molecule has 2 N–H and O–H groups in total. The van der Waals surface area contributed by atoms with Crippen molar-refractivity contribution in [2.75, 3.05) is 6.54 Å². The molecule has 1 aliphatic carbocycles. The van der Waals surface area contributed by atoms with Gasteiger partial charge in [0.15, 0.2) is 0 Å². The van der Waals surface area contributed by atoms with Crippen LogP contribution in [0.25, 0.3) is 0 Å². The van der Waals surface area contributed by atoms with Gasteiger partial charge in [-0.3, -0.25) is 9.59 Å². The highest BCUT2D eigenvalue weighted by molar-refractivity contribution is 5.75. The predicted octanol–water partition coefficient (Wildman–Crippen LogP) is 1.79. The van der Waals surface area contributed by atoms with Crippen LogP contribution >= 0.6 is 0 Å². The van der Waals surface area contributed by atoms with Crippen molar-refractivity contribution in [1.82, 2.24) is 5.32 Å². The molecule has 0 spiro atoms. The fourth-order valence-corrected chi connectivity index (χ4v) is 2.42. The highest BCUT2D eigenvalue weighted by Gasteiger charge is 2.28. The van der Waals surface area contributed by atoms with Crippen molar-refractivity contribution in [3.63, 3.8) is 0 Å². The van der Waals surface area contributed by atoms with Gasteiger partial charge in [0.2, 0.25) is 5.91 Å². The van der Waals surface area contributed by atoms with Crippen LogP contribution < -0.4 is 5.32 Å². The third-order valence-corrected chi connectivity index (χ3v) is 3.36. The zero-order chi connectivity index (χ0) is 12.0. The number of carbonyl (C=O) groups is 2. The zero-order valence-corrected chi connectivity index (χ0v) is 9.87. The number of amides is 1. The molecule has 0 aliphatic heterocycles. The number of hydrogen-bond acceptors (Lipinski definition) is 2. The number of carbonyl (C=O) groups excluding carboxylic acids is 1. The zero-order valence-electron chi connectivity index (χ0n) is 9.87. The van der Waals surface area contributed by atoms with Gasteiger partial charge in [-0.15, -0.1) is 0 Å². The van der Waals surface area contributed by atoms with E-state index in [0.717, 1.165) is 25.7 Å². The molecule has 1 rings (SSSR count). The van der Waals surface area contributed by atoms with Crippen LogP contribution in [0.2, 0.25) is 0 Å². The Balaban J connectivity index is 2.53. The molecular weight excluding hydrogens is 206 g/mol. The van der Waals surface area contributed by atoms with Crippen molar-refractivity contribution in [1.29, 1.82) is 0 Å². The molecule has 0 bridgehead atoms. The number of carboxylic acid groups (broad SMARTS) is 1. The van der Waals surface area contributed by atoms with Gasteiger partial charge in [-0.2, -0.15) is 0 Å². The van der Waals surface area contributed by atoms with E-state index in [1.807, 2.05) is 0 Å². The average molecular weight is 227 g/mol. The third-order valence-electron chi connectivity index (χ3n) is 3.36. The van der Waals surface area contributed by atoms with E-state index in [1.54, 1.807) is 0 Å². The lowest BCUT2D eigenvalue weighted by atomic mass is 9.86. The fourth-order valence-electron chi connectivity index (χ4n) is 2.42. The van der Waals surface area contributed by atoms with Crippen LogP contribution in [0.1, 0.15) is 45.4 Å². The molecule has 0 radical (unpaired) electrons. The summed E-state index contributed by atoms with van der Waals surface area (Å²) in [6.45, 7) is 1.70. The molecule has 0 aromatic heterocycles. The van der Waals surface area contributed by atoms with Crippen LogP contribution in [0.5, 0.6) is 0 Å². The number of aliphatic carboxylic acids is 1. The van der Waals surface area contributed by atoms with Crippen molar-refractivity contribution in [3.8, 4) is 0 Å². The smallest absolute Gasteiger partial charge is 0.308 e. The van der Waals surface area contributed by atoms with E-state index in [9.17, 15) is 14.7 Å². The SMILES string of the molecule is CC(=O)NCC(C(=O)O)C1CCCCCC1. The van der Waals surface area contributed by atoms with Crippen molar-refractivity contribution in [2.24, 2.45) is 11.8 Å². The second-order valence-corrected chi connectivity index (χ2v) is 4.63. The quantitative estimate of drug-likeness (QED) is 0.720. The van der Waals surface area contributed by atoms with E-state index < -0.39 is 11.9 Å². The monoisotopic (exact) mass is 227 g/mol. The highest BCUT2D eigenvalue weighted by Crippen LogP contribution is 2.29. The van der Waals surface area contributed by atoms with E-state index >= 15 is 0 Å². The van der Waals surface area contributed by atoms with Gasteiger partial charge in [0, 0.05) is 13.5 Å². The fraction of sp³-hybridized carbons (Fsp3) is 0.833. The maximum absolute atomic E-state index is 11.2. The first-order chi connectivity index (χ1) is 7.61. The van der Waals surface area contributed by atoms with E-state index in [0.29, 0.717) is 0 Å². The van der Waals surface area contributed by atoms with E-state index in [1.165, 1.54) is 19.8 Å². The van der Waals surface area contributed by atoms with Gasteiger partial charge in [-0.25, -0.2) is 0 Å². The Morgan fingerprint density at radius 1 is 1.25 bits per heavy atom. The normalized spacial score (nSPS) is 19.8. The Morgan fingerprint density at radius 3 is 2.25 bits per heavy atom. The Morgan fingerprint density at radius 2 is 1.81 bits per heavy atom. The molecule has 0 aromatic carbocycles. The molecule has 16 heavy (non-hydrogen) atoms. The van der Waals surface area contributed by atoms with Crippen LogP contribution in [0.4, 0.5) is 0 Å². The Hall–Kier alpha value is -1.06. The van der Waals surface area contributed by atoms with Crippen molar-refractivity contribution in [2.45, 2.75) is 45.4 Å². The second kappa shape index (κ2) is 6.51. The van der Waals surface area contributed by atoms with Gasteiger partial charge in [0.25, 0.3) is 0 Å². The first-order valence-electron chi connectivity index (χ1n) is 6.08. The highest BCUT2D eigenvalue weighted by atomic mass is 16.4. The summed E-state index contributed by atoms with van der Waals surface area (Å²) in [5.41, 5.74) is 0. The summed E-state index contributed by atoms with van der Waals surface area (Å²) < 4.78 is 0. The lowest BCUT2D eigenvalue weighted by Gasteiger charge is -2.22. The molecule has 4 nitrogen and oxygen atoms in total. The average Bonchev–Trinajstić information content (AvgIpc) is 2.45. The topological polar surface area (TPSA) is 66.4 Å². The minimum atomic E-state index is -0.777. The van der Waals surface area contributed by atoms with Crippen LogP contribution in [0.3, 0.4) is 0 Å². The van der Waals surface area contributed by atoms with E-state index in [-0.39, 0.29) is 18.4 Å². The molecule has 1 fully saturated rings. The number of carboxylic acids is 1. The summed E-state index contributed by atoms with van der Waals surface area (Å²) in [5, 5.41) is 11.8. The molecule has 1 atom stereocenters. The minimum absolute atomic E-state index is 0.153. The lowest BCUT2D eigenvalue weighted by Crippen LogP contribution is -2.36. The molecular formula is C12H21NO3. The van der Waals surface area contributed by atoms with E-state index in [4.69, 9.17) is 0 Å². The molecule has 0 heterocycles. The molecule has 1 saturated carbocycles. The van der Waals surface area contributed by atoms with Gasteiger partial charge < -0.3 is 10.4 Å². The molecule has 1 unspecified atom stereocenters. The lowest BCUT2D eigenvalue weighted by molar-refractivity contribution is -0.143. The standard InChI is InChI=1S/C12H21NO3/c1-9(14)13-8-11(12(15)16)10-6-4-2-3-5-7-10/h10-11H,2-8H2,1H3,(H,13,14)(H,15,16). The summed E-state index contributed by atoms with van der Waals surface area (Å²) in [6.07, 6.45) is 6.63. The Labute approximate surface area is 96.4 Å². The maximum atomic E-state index is 11.2. The van der Waals surface area contributed by atoms with Crippen molar-refractivity contribution < 1.29 is 14.7 Å². The number of hydrogen-bond donors (Lipinski definition) is 2.